The topological polar surface area (TPSA) is 38.0 Å². The number of nitrogens with two attached hydrogens (primary N) is 1. The average molecular weight is 299 g/mol. The van der Waals surface area contributed by atoms with Crippen LogP contribution in [0.25, 0.3) is 0 Å². The van der Waals surface area contributed by atoms with Gasteiger partial charge in [-0.2, -0.15) is 0 Å². The molecule has 3 N–H and O–H groups in total. The van der Waals surface area contributed by atoms with E-state index in [4.69, 9.17) is 17.4 Å². The van der Waals surface area contributed by atoms with Crippen LogP contribution in [0.2, 0.25) is 5.02 Å². The SMILES string of the molecule is NNC(Cc1cccc(F)c1Cl)C1CCCCCCC1. The second kappa shape index (κ2) is 7.96. The van der Waals surface area contributed by atoms with Crippen LogP contribution in [0.5, 0.6) is 0 Å². The molecule has 4 heteroatoms. The van der Waals surface area contributed by atoms with Gasteiger partial charge in [-0.15, -0.1) is 0 Å². The van der Waals surface area contributed by atoms with Gasteiger partial charge in [0.1, 0.15) is 5.82 Å². The predicted octanol–water partition coefficient (Wildman–Crippen LogP) is 4.21. The minimum Gasteiger partial charge on any atom is -0.271 e. The molecule has 1 fully saturated rings. The van der Waals surface area contributed by atoms with Crippen LogP contribution >= 0.6 is 11.6 Å². The smallest absolute Gasteiger partial charge is 0.142 e. The quantitative estimate of drug-likeness (QED) is 0.645. The Morgan fingerprint density at radius 2 is 1.85 bits per heavy atom. The Kier molecular flexibility index (Phi) is 6.27. The van der Waals surface area contributed by atoms with E-state index in [1.807, 2.05) is 6.07 Å². The Morgan fingerprint density at radius 3 is 2.50 bits per heavy atom. The second-order valence-corrected chi connectivity index (χ2v) is 6.17. The van der Waals surface area contributed by atoms with Gasteiger partial charge in [-0.05, 0) is 36.8 Å². The van der Waals surface area contributed by atoms with Crippen LogP contribution in [-0.2, 0) is 6.42 Å². The van der Waals surface area contributed by atoms with Gasteiger partial charge in [-0.1, -0.05) is 55.8 Å². The molecule has 1 atom stereocenters. The Morgan fingerprint density at radius 1 is 1.20 bits per heavy atom. The molecule has 1 aliphatic carbocycles. The number of hydrazine groups is 1. The molecular formula is C16H24ClFN2. The maximum atomic E-state index is 13.5. The van der Waals surface area contributed by atoms with Crippen LogP contribution in [0.15, 0.2) is 18.2 Å². The third-order valence-corrected chi connectivity index (χ3v) is 4.83. The zero-order valence-corrected chi connectivity index (χ0v) is 12.6. The zero-order valence-electron chi connectivity index (χ0n) is 11.9. The van der Waals surface area contributed by atoms with Crippen LogP contribution < -0.4 is 11.3 Å². The van der Waals surface area contributed by atoms with Gasteiger partial charge >= 0.3 is 0 Å². The van der Waals surface area contributed by atoms with Gasteiger partial charge in [-0.25, -0.2) is 4.39 Å². The van der Waals surface area contributed by atoms with E-state index in [0.29, 0.717) is 12.3 Å². The number of nitrogens with one attached hydrogen (secondary N) is 1. The van der Waals surface area contributed by atoms with Crippen LogP contribution in [0.4, 0.5) is 4.39 Å². The molecule has 2 nitrogen and oxygen atoms in total. The number of benzene rings is 1. The lowest BCUT2D eigenvalue weighted by Crippen LogP contribution is -2.42. The lowest BCUT2D eigenvalue weighted by atomic mass is 9.83. The Labute approximate surface area is 125 Å². The van der Waals surface area contributed by atoms with Crippen molar-refractivity contribution in [2.45, 2.75) is 57.4 Å². The number of rotatable bonds is 4. The maximum Gasteiger partial charge on any atom is 0.142 e. The van der Waals surface area contributed by atoms with Crippen molar-refractivity contribution in [2.75, 3.05) is 0 Å². The van der Waals surface area contributed by atoms with Gasteiger partial charge in [0, 0.05) is 6.04 Å². The van der Waals surface area contributed by atoms with Crippen LogP contribution in [0.3, 0.4) is 0 Å². The molecule has 112 valence electrons. The Balaban J connectivity index is 2.05. The van der Waals surface area contributed by atoms with Gasteiger partial charge in [0.15, 0.2) is 0 Å². The summed E-state index contributed by atoms with van der Waals surface area (Å²) in [5.41, 5.74) is 3.78. The molecule has 0 aromatic heterocycles. The molecule has 0 saturated heterocycles. The van der Waals surface area contributed by atoms with Crippen molar-refractivity contribution in [2.24, 2.45) is 11.8 Å². The summed E-state index contributed by atoms with van der Waals surface area (Å²) < 4.78 is 13.5. The van der Waals surface area contributed by atoms with Crippen LogP contribution in [0.1, 0.15) is 50.5 Å². The Bertz CT molecular complexity index is 417. The van der Waals surface area contributed by atoms with Gasteiger partial charge < -0.3 is 0 Å². The van der Waals surface area contributed by atoms with E-state index in [9.17, 15) is 4.39 Å². The highest BCUT2D eigenvalue weighted by Gasteiger charge is 2.22. The summed E-state index contributed by atoms with van der Waals surface area (Å²) in [6.45, 7) is 0. The number of hydrogen-bond acceptors (Lipinski definition) is 2. The van der Waals surface area contributed by atoms with Crippen molar-refractivity contribution in [3.05, 3.63) is 34.6 Å². The molecule has 0 bridgehead atoms. The summed E-state index contributed by atoms with van der Waals surface area (Å²) in [6, 6.07) is 5.17. The molecule has 1 unspecified atom stereocenters. The lowest BCUT2D eigenvalue weighted by molar-refractivity contribution is 0.285. The standard InChI is InChI=1S/C16H24ClFN2/c17-16-13(9-6-10-14(16)18)11-15(20-19)12-7-4-2-1-3-5-8-12/h6,9-10,12,15,20H,1-5,7-8,11,19H2. The molecule has 0 heterocycles. The summed E-state index contributed by atoms with van der Waals surface area (Å²) in [5, 5.41) is 0.235. The molecule has 0 radical (unpaired) electrons. The largest absolute Gasteiger partial charge is 0.271 e. The molecule has 0 spiro atoms. The van der Waals surface area contributed by atoms with Crippen LogP contribution in [-0.4, -0.2) is 6.04 Å². The van der Waals surface area contributed by atoms with Crippen molar-refractivity contribution in [1.82, 2.24) is 5.43 Å². The first-order valence-electron chi connectivity index (χ1n) is 7.61. The Hall–Kier alpha value is -0.640. The van der Waals surface area contributed by atoms with Crippen molar-refractivity contribution in [3.8, 4) is 0 Å². The van der Waals surface area contributed by atoms with E-state index in [0.717, 1.165) is 5.56 Å². The molecule has 1 saturated carbocycles. The molecular weight excluding hydrogens is 275 g/mol. The minimum absolute atomic E-state index is 0.174. The fourth-order valence-corrected chi connectivity index (χ4v) is 3.40. The number of halogens is 2. The zero-order chi connectivity index (χ0) is 14.4. The van der Waals surface area contributed by atoms with E-state index >= 15 is 0 Å². The van der Waals surface area contributed by atoms with Crippen molar-refractivity contribution >= 4 is 11.6 Å². The fraction of sp³-hybridized carbons (Fsp3) is 0.625. The molecule has 0 aliphatic heterocycles. The average Bonchev–Trinajstić information content (AvgIpc) is 2.41. The summed E-state index contributed by atoms with van der Waals surface area (Å²) >= 11 is 6.05. The van der Waals surface area contributed by atoms with E-state index < -0.39 is 0 Å². The summed E-state index contributed by atoms with van der Waals surface area (Å²) in [4.78, 5) is 0. The van der Waals surface area contributed by atoms with Gasteiger partial charge in [-0.3, -0.25) is 11.3 Å². The monoisotopic (exact) mass is 298 g/mol. The first-order valence-corrected chi connectivity index (χ1v) is 7.99. The first-order chi connectivity index (χ1) is 9.72. The van der Waals surface area contributed by atoms with E-state index in [1.165, 1.54) is 51.0 Å². The second-order valence-electron chi connectivity index (χ2n) is 5.80. The molecule has 1 aliphatic rings. The first kappa shape index (κ1) is 15.7. The van der Waals surface area contributed by atoms with Gasteiger partial charge in [0.05, 0.1) is 5.02 Å². The summed E-state index contributed by atoms with van der Waals surface area (Å²) in [5.74, 6) is 5.95. The summed E-state index contributed by atoms with van der Waals surface area (Å²) in [6.07, 6.45) is 9.59. The highest BCUT2D eigenvalue weighted by Crippen LogP contribution is 2.28. The molecule has 1 aromatic rings. The number of hydrogen-bond donors (Lipinski definition) is 2. The van der Waals surface area contributed by atoms with E-state index in [1.54, 1.807) is 6.07 Å². The van der Waals surface area contributed by atoms with Gasteiger partial charge in [0.2, 0.25) is 0 Å². The minimum atomic E-state index is -0.349. The highest BCUT2D eigenvalue weighted by molar-refractivity contribution is 6.31. The normalized spacial score (nSPS) is 19.4. The van der Waals surface area contributed by atoms with Crippen molar-refractivity contribution in [3.63, 3.8) is 0 Å². The third kappa shape index (κ3) is 4.18. The van der Waals surface area contributed by atoms with Crippen molar-refractivity contribution < 1.29 is 4.39 Å². The maximum absolute atomic E-state index is 13.5. The van der Waals surface area contributed by atoms with Crippen LogP contribution in [0, 0.1) is 11.7 Å². The van der Waals surface area contributed by atoms with E-state index in [-0.39, 0.29) is 16.9 Å². The summed E-state index contributed by atoms with van der Waals surface area (Å²) in [7, 11) is 0. The third-order valence-electron chi connectivity index (χ3n) is 4.40. The molecule has 2 rings (SSSR count). The van der Waals surface area contributed by atoms with Gasteiger partial charge in [0.25, 0.3) is 0 Å². The molecule has 1 aromatic carbocycles. The molecule has 0 amide bonds. The predicted molar refractivity (Wildman–Crippen MR) is 82.0 cm³/mol. The fourth-order valence-electron chi connectivity index (χ4n) is 3.19. The lowest BCUT2D eigenvalue weighted by Gasteiger charge is -2.28. The van der Waals surface area contributed by atoms with E-state index in [2.05, 4.69) is 5.43 Å². The van der Waals surface area contributed by atoms with Crippen molar-refractivity contribution in [1.29, 1.82) is 0 Å². The highest BCUT2D eigenvalue weighted by atomic mass is 35.5. The molecule has 20 heavy (non-hydrogen) atoms.